The largest absolute Gasteiger partial charge is 0.396 e. The number of methoxy groups -OCH3 is 1. The highest BCUT2D eigenvalue weighted by Crippen LogP contribution is 2.13. The van der Waals surface area contributed by atoms with E-state index in [4.69, 9.17) is 14.2 Å². The van der Waals surface area contributed by atoms with Crippen LogP contribution in [0.4, 0.5) is 0 Å². The van der Waals surface area contributed by atoms with E-state index in [-0.39, 0.29) is 18.8 Å². The molecule has 0 radical (unpaired) electrons. The van der Waals surface area contributed by atoms with Crippen molar-refractivity contribution in [3.05, 3.63) is 71.8 Å². The van der Waals surface area contributed by atoms with Crippen molar-refractivity contribution in [2.45, 2.75) is 31.8 Å². The Bertz CT molecular complexity index is 544. The second-order valence-electron chi connectivity index (χ2n) is 5.62. The van der Waals surface area contributed by atoms with E-state index in [2.05, 4.69) is 0 Å². The van der Waals surface area contributed by atoms with Gasteiger partial charge in [0.15, 0.2) is 0 Å². The quantitative estimate of drug-likeness (QED) is 0.687. The fraction of sp³-hybridized carbons (Fsp3) is 0.400. The lowest BCUT2D eigenvalue weighted by Crippen LogP contribution is -2.35. The Morgan fingerprint density at radius 2 is 1.42 bits per heavy atom. The summed E-state index contributed by atoms with van der Waals surface area (Å²) in [7, 11) is 1.65. The van der Waals surface area contributed by atoms with E-state index in [1.165, 1.54) is 0 Å². The smallest absolute Gasteiger partial charge is 0.107 e. The Morgan fingerprint density at radius 1 is 0.833 bits per heavy atom. The third-order valence-electron chi connectivity index (χ3n) is 3.83. The van der Waals surface area contributed by atoms with Crippen molar-refractivity contribution in [2.75, 3.05) is 20.3 Å². The van der Waals surface area contributed by atoms with Gasteiger partial charge >= 0.3 is 0 Å². The Morgan fingerprint density at radius 3 is 1.96 bits per heavy atom. The molecule has 0 aromatic heterocycles. The molecule has 0 fully saturated rings. The molecular formula is C20H26O4. The van der Waals surface area contributed by atoms with Gasteiger partial charge in [0.05, 0.1) is 25.9 Å². The molecule has 4 heteroatoms. The average molecular weight is 330 g/mol. The lowest BCUT2D eigenvalue weighted by Gasteiger charge is -2.26. The minimum absolute atomic E-state index is 0.0536. The summed E-state index contributed by atoms with van der Waals surface area (Å²) >= 11 is 0. The molecule has 0 saturated carbocycles. The molecule has 0 bridgehead atoms. The molecule has 2 rings (SSSR count). The van der Waals surface area contributed by atoms with E-state index in [1.54, 1.807) is 7.11 Å². The number of rotatable bonds is 11. The number of aliphatic hydroxyl groups is 1. The van der Waals surface area contributed by atoms with Crippen molar-refractivity contribution in [2.24, 2.45) is 0 Å². The molecular weight excluding hydrogens is 304 g/mol. The van der Waals surface area contributed by atoms with Crippen LogP contribution >= 0.6 is 0 Å². The molecule has 2 aromatic carbocycles. The van der Waals surface area contributed by atoms with Gasteiger partial charge in [0, 0.05) is 13.7 Å². The van der Waals surface area contributed by atoms with Gasteiger partial charge in [-0.15, -0.1) is 0 Å². The van der Waals surface area contributed by atoms with Gasteiger partial charge in [0.2, 0.25) is 0 Å². The highest BCUT2D eigenvalue weighted by molar-refractivity contribution is 5.14. The van der Waals surface area contributed by atoms with E-state index >= 15 is 0 Å². The molecule has 0 unspecified atom stereocenters. The van der Waals surface area contributed by atoms with Crippen LogP contribution in [0.25, 0.3) is 0 Å². The van der Waals surface area contributed by atoms with Gasteiger partial charge in [-0.2, -0.15) is 0 Å². The average Bonchev–Trinajstić information content (AvgIpc) is 2.64. The standard InChI is InChI=1S/C20H26O4/c1-22-20(16-23-14-17-8-4-2-5-9-17)19(12-13-21)24-15-18-10-6-3-7-11-18/h2-11,19-21H,12-16H2,1H3/t19-,20+/m0/s1. The Labute approximate surface area is 144 Å². The summed E-state index contributed by atoms with van der Waals surface area (Å²) in [6.45, 7) is 1.50. The predicted octanol–water partition coefficient (Wildman–Crippen LogP) is 3.19. The molecule has 4 nitrogen and oxygen atoms in total. The maximum absolute atomic E-state index is 9.31. The zero-order chi connectivity index (χ0) is 17.0. The van der Waals surface area contributed by atoms with Gasteiger partial charge in [-0.05, 0) is 17.5 Å². The molecule has 0 saturated heterocycles. The van der Waals surface area contributed by atoms with Crippen LogP contribution in [-0.2, 0) is 27.4 Å². The molecule has 24 heavy (non-hydrogen) atoms. The summed E-state index contributed by atoms with van der Waals surface area (Å²) < 4.78 is 17.3. The topological polar surface area (TPSA) is 47.9 Å². The van der Waals surface area contributed by atoms with Gasteiger partial charge in [-0.25, -0.2) is 0 Å². The second-order valence-corrected chi connectivity index (χ2v) is 5.62. The highest BCUT2D eigenvalue weighted by Gasteiger charge is 2.22. The first kappa shape index (κ1) is 18.6. The second kappa shape index (κ2) is 10.9. The van der Waals surface area contributed by atoms with Crippen molar-refractivity contribution < 1.29 is 19.3 Å². The number of hydrogen-bond acceptors (Lipinski definition) is 4. The number of hydrogen-bond donors (Lipinski definition) is 1. The molecule has 0 spiro atoms. The van der Waals surface area contributed by atoms with Gasteiger partial charge in [-0.1, -0.05) is 60.7 Å². The van der Waals surface area contributed by atoms with E-state index in [1.807, 2.05) is 60.7 Å². The monoisotopic (exact) mass is 330 g/mol. The van der Waals surface area contributed by atoms with Gasteiger partial charge in [0.25, 0.3) is 0 Å². The van der Waals surface area contributed by atoms with Gasteiger partial charge in [0.1, 0.15) is 6.10 Å². The normalized spacial score (nSPS) is 13.6. The summed E-state index contributed by atoms with van der Waals surface area (Å²) in [6, 6.07) is 20.0. The van der Waals surface area contributed by atoms with Crippen molar-refractivity contribution in [1.29, 1.82) is 0 Å². The van der Waals surface area contributed by atoms with Crippen LogP contribution in [0, 0.1) is 0 Å². The SMILES string of the molecule is CO[C@H](COCc1ccccc1)[C@H](CCO)OCc1ccccc1. The zero-order valence-corrected chi connectivity index (χ0v) is 14.1. The lowest BCUT2D eigenvalue weighted by atomic mass is 10.1. The fourth-order valence-corrected chi connectivity index (χ4v) is 2.48. The first-order valence-electron chi connectivity index (χ1n) is 8.24. The van der Waals surface area contributed by atoms with Gasteiger partial charge in [-0.3, -0.25) is 0 Å². The zero-order valence-electron chi connectivity index (χ0n) is 14.1. The van der Waals surface area contributed by atoms with E-state index in [0.29, 0.717) is 26.2 Å². The van der Waals surface area contributed by atoms with Crippen LogP contribution < -0.4 is 0 Å². The molecule has 2 aromatic rings. The van der Waals surface area contributed by atoms with Crippen LogP contribution in [-0.4, -0.2) is 37.6 Å². The van der Waals surface area contributed by atoms with Crippen molar-refractivity contribution in [1.82, 2.24) is 0 Å². The first-order chi connectivity index (χ1) is 11.8. The number of aliphatic hydroxyl groups excluding tert-OH is 1. The summed E-state index contributed by atoms with van der Waals surface area (Å²) in [4.78, 5) is 0. The molecule has 2 atom stereocenters. The van der Waals surface area contributed by atoms with Crippen molar-refractivity contribution >= 4 is 0 Å². The van der Waals surface area contributed by atoms with Crippen LogP contribution in [0.5, 0.6) is 0 Å². The highest BCUT2D eigenvalue weighted by atomic mass is 16.6. The predicted molar refractivity (Wildman–Crippen MR) is 93.6 cm³/mol. The lowest BCUT2D eigenvalue weighted by molar-refractivity contribution is -0.103. The Balaban J connectivity index is 1.83. The minimum atomic E-state index is -0.218. The van der Waals surface area contributed by atoms with Crippen LogP contribution in [0.3, 0.4) is 0 Å². The molecule has 130 valence electrons. The maximum Gasteiger partial charge on any atom is 0.107 e. The molecule has 0 amide bonds. The van der Waals surface area contributed by atoms with Crippen molar-refractivity contribution in [3.63, 3.8) is 0 Å². The third kappa shape index (κ3) is 6.42. The van der Waals surface area contributed by atoms with Crippen LogP contribution in [0.15, 0.2) is 60.7 Å². The number of ether oxygens (including phenoxy) is 3. The summed E-state index contributed by atoms with van der Waals surface area (Å²) in [6.07, 6.45) is 0.0839. The molecule has 0 aliphatic heterocycles. The van der Waals surface area contributed by atoms with E-state index in [0.717, 1.165) is 11.1 Å². The van der Waals surface area contributed by atoms with Crippen LogP contribution in [0.2, 0.25) is 0 Å². The maximum atomic E-state index is 9.31. The molecule has 0 aliphatic carbocycles. The van der Waals surface area contributed by atoms with Gasteiger partial charge < -0.3 is 19.3 Å². The summed E-state index contributed by atoms with van der Waals surface area (Å²) in [5.74, 6) is 0. The number of benzene rings is 2. The molecule has 1 N–H and O–H groups in total. The fourth-order valence-electron chi connectivity index (χ4n) is 2.48. The minimum Gasteiger partial charge on any atom is -0.396 e. The van der Waals surface area contributed by atoms with E-state index in [9.17, 15) is 5.11 Å². The molecule has 0 aliphatic rings. The van der Waals surface area contributed by atoms with E-state index < -0.39 is 0 Å². The van der Waals surface area contributed by atoms with Crippen LogP contribution in [0.1, 0.15) is 17.5 Å². The van der Waals surface area contributed by atoms with Crippen molar-refractivity contribution in [3.8, 4) is 0 Å². The first-order valence-corrected chi connectivity index (χ1v) is 8.24. The third-order valence-corrected chi connectivity index (χ3v) is 3.83. The molecule has 0 heterocycles. The summed E-state index contributed by atoms with van der Waals surface area (Å²) in [5.41, 5.74) is 2.22. The summed E-state index contributed by atoms with van der Waals surface area (Å²) in [5, 5.41) is 9.31. The Hall–Kier alpha value is -1.72. The Kier molecular flexibility index (Phi) is 8.49.